The second-order valence-corrected chi connectivity index (χ2v) is 8.87. The van der Waals surface area contributed by atoms with E-state index in [0.29, 0.717) is 33.4 Å². The molecule has 1 fully saturated rings. The van der Waals surface area contributed by atoms with Gasteiger partial charge in [-0.3, -0.25) is 14.5 Å². The fraction of sp³-hybridized carbons (Fsp3) is 0.364. The van der Waals surface area contributed by atoms with Gasteiger partial charge in [0.1, 0.15) is 16.2 Å². The molecular weight excluding hydrogens is 400 g/mol. The zero-order valence-electron chi connectivity index (χ0n) is 16.9. The third-order valence-corrected chi connectivity index (χ3v) is 7.08. The number of rotatable bonds is 4. The number of hydrogen-bond donors (Lipinski definition) is 1. The summed E-state index contributed by atoms with van der Waals surface area (Å²) in [4.78, 5) is 40.1. The average Bonchev–Trinajstić information content (AvgIpc) is 3.30. The molecule has 0 unspecified atom stereocenters. The monoisotopic (exact) mass is 422 g/mol. The van der Waals surface area contributed by atoms with Gasteiger partial charge >= 0.3 is 0 Å². The Kier molecular flexibility index (Phi) is 4.75. The number of Topliss-reactive ketones (excluding diaryl/α,β-unsaturated/α-hetero) is 1. The molecule has 1 saturated heterocycles. The molecule has 1 aliphatic heterocycles. The summed E-state index contributed by atoms with van der Waals surface area (Å²) in [7, 11) is 0. The topological polar surface area (TPSA) is 92.1 Å². The number of hydrogen-bond acceptors (Lipinski definition) is 7. The second kappa shape index (κ2) is 7.45. The minimum Gasteiger partial charge on any atom is -0.440 e. The predicted molar refractivity (Wildman–Crippen MR) is 116 cm³/mol. The van der Waals surface area contributed by atoms with Crippen LogP contribution in [0, 0.1) is 6.92 Å². The number of aryl methyl sites for hydroxylation is 1. The fourth-order valence-electron chi connectivity index (χ4n) is 4.21. The highest BCUT2D eigenvalue weighted by Gasteiger charge is 2.25. The number of nitrogens with zero attached hydrogens (tertiary/aromatic N) is 3. The summed E-state index contributed by atoms with van der Waals surface area (Å²) >= 11 is 1.30. The Morgan fingerprint density at radius 2 is 2.03 bits per heavy atom. The van der Waals surface area contributed by atoms with Crippen LogP contribution in [-0.2, 0) is 6.54 Å². The van der Waals surface area contributed by atoms with Gasteiger partial charge in [0.05, 0.1) is 16.8 Å². The summed E-state index contributed by atoms with van der Waals surface area (Å²) in [6.45, 7) is 5.68. The van der Waals surface area contributed by atoms with Gasteiger partial charge in [-0.15, -0.1) is 11.3 Å². The number of oxazole rings is 1. The van der Waals surface area contributed by atoms with E-state index in [4.69, 9.17) is 4.42 Å². The molecule has 0 bridgehead atoms. The molecule has 154 valence electrons. The van der Waals surface area contributed by atoms with Crippen molar-refractivity contribution in [1.82, 2.24) is 19.9 Å². The maximum absolute atomic E-state index is 12.6. The van der Waals surface area contributed by atoms with Crippen molar-refractivity contribution < 1.29 is 9.21 Å². The van der Waals surface area contributed by atoms with E-state index < -0.39 is 0 Å². The Morgan fingerprint density at radius 1 is 1.27 bits per heavy atom. The molecule has 4 heterocycles. The van der Waals surface area contributed by atoms with Gasteiger partial charge in [-0.2, -0.15) is 0 Å². The van der Waals surface area contributed by atoms with Gasteiger partial charge in [0.25, 0.3) is 5.56 Å². The van der Waals surface area contributed by atoms with E-state index in [0.717, 1.165) is 48.5 Å². The van der Waals surface area contributed by atoms with Gasteiger partial charge in [-0.25, -0.2) is 9.97 Å². The van der Waals surface area contributed by atoms with Crippen LogP contribution in [0.2, 0.25) is 0 Å². The number of fused-ring (bicyclic) bond motifs is 2. The summed E-state index contributed by atoms with van der Waals surface area (Å²) in [6, 6.07) is 7.84. The number of H-pyrrole nitrogens is 1. The average molecular weight is 423 g/mol. The first-order valence-corrected chi connectivity index (χ1v) is 10.9. The molecule has 3 aromatic heterocycles. The standard InChI is InChI=1S/C22H22N4O3S/c1-12-18-20(28)24-17(25-22(18)30-19(12)13(2)27)11-26-9-7-14(8-10-26)21-23-15-5-3-4-6-16(15)29-21/h3-6,14H,7-11H2,1-2H3,(H,24,25,28). The molecule has 0 saturated carbocycles. The summed E-state index contributed by atoms with van der Waals surface area (Å²) in [5, 5.41) is 0.531. The lowest BCUT2D eigenvalue weighted by Crippen LogP contribution is -2.33. The number of piperidine rings is 1. The smallest absolute Gasteiger partial charge is 0.259 e. The maximum atomic E-state index is 12.6. The second-order valence-electron chi connectivity index (χ2n) is 7.88. The first-order chi connectivity index (χ1) is 14.5. The van der Waals surface area contributed by atoms with Crippen LogP contribution >= 0.6 is 11.3 Å². The zero-order valence-corrected chi connectivity index (χ0v) is 17.7. The van der Waals surface area contributed by atoms with E-state index in [-0.39, 0.29) is 11.3 Å². The van der Waals surface area contributed by atoms with Gasteiger partial charge < -0.3 is 9.40 Å². The molecule has 8 heteroatoms. The van der Waals surface area contributed by atoms with Crippen LogP contribution in [0.1, 0.15) is 52.6 Å². The number of carbonyl (C=O) groups is 1. The Balaban J connectivity index is 1.31. The third kappa shape index (κ3) is 3.36. The molecule has 1 aliphatic rings. The van der Waals surface area contributed by atoms with Crippen LogP contribution in [0.15, 0.2) is 33.5 Å². The van der Waals surface area contributed by atoms with Crippen molar-refractivity contribution >= 4 is 38.4 Å². The Bertz CT molecular complexity index is 1280. The summed E-state index contributed by atoms with van der Waals surface area (Å²) < 4.78 is 5.94. The number of thiophene rings is 1. The number of nitrogens with one attached hydrogen (secondary N) is 1. The highest BCUT2D eigenvalue weighted by molar-refractivity contribution is 7.20. The molecule has 1 N–H and O–H groups in total. The number of ketones is 1. The largest absolute Gasteiger partial charge is 0.440 e. The van der Waals surface area contributed by atoms with Crippen LogP contribution in [0.4, 0.5) is 0 Å². The first kappa shape index (κ1) is 19.1. The zero-order chi connectivity index (χ0) is 20.8. The summed E-state index contributed by atoms with van der Waals surface area (Å²) in [5.74, 6) is 1.73. The van der Waals surface area contributed by atoms with Gasteiger partial charge in [0.15, 0.2) is 17.3 Å². The number of para-hydroxylation sites is 2. The van der Waals surface area contributed by atoms with Crippen molar-refractivity contribution in [2.75, 3.05) is 13.1 Å². The van der Waals surface area contributed by atoms with Crippen molar-refractivity contribution in [1.29, 1.82) is 0 Å². The van der Waals surface area contributed by atoms with E-state index in [1.54, 1.807) is 0 Å². The number of benzene rings is 1. The SMILES string of the molecule is CC(=O)c1sc2nc(CN3CCC(c4nc5ccccc5o4)CC3)[nH]c(=O)c2c1C. The van der Waals surface area contributed by atoms with E-state index in [9.17, 15) is 9.59 Å². The Hall–Kier alpha value is -2.84. The van der Waals surface area contributed by atoms with Gasteiger partial charge in [-0.1, -0.05) is 12.1 Å². The van der Waals surface area contributed by atoms with Gasteiger partial charge in [0.2, 0.25) is 0 Å². The number of likely N-dealkylation sites (tertiary alicyclic amines) is 1. The molecule has 0 amide bonds. The Morgan fingerprint density at radius 3 is 2.77 bits per heavy atom. The minimum atomic E-state index is -0.169. The lowest BCUT2D eigenvalue weighted by atomic mass is 9.97. The molecule has 4 aromatic rings. The van der Waals surface area contributed by atoms with Crippen LogP contribution in [0.25, 0.3) is 21.3 Å². The number of aromatic amines is 1. The normalized spacial score (nSPS) is 15.9. The van der Waals surface area contributed by atoms with E-state index in [1.807, 2.05) is 31.2 Å². The molecule has 0 atom stereocenters. The first-order valence-electron chi connectivity index (χ1n) is 10.1. The lowest BCUT2D eigenvalue weighted by Gasteiger charge is -2.29. The lowest BCUT2D eigenvalue weighted by molar-refractivity contribution is 0.102. The molecule has 5 rings (SSSR count). The van der Waals surface area contributed by atoms with Crippen molar-refractivity contribution in [3.8, 4) is 0 Å². The van der Waals surface area contributed by atoms with Crippen LogP contribution < -0.4 is 5.56 Å². The van der Waals surface area contributed by atoms with E-state index in [2.05, 4.69) is 19.9 Å². The molecule has 0 spiro atoms. The molecular formula is C22H22N4O3S. The molecule has 0 aliphatic carbocycles. The van der Waals surface area contributed by atoms with Gasteiger partial charge in [0, 0.05) is 5.92 Å². The van der Waals surface area contributed by atoms with E-state index in [1.165, 1.54) is 18.3 Å². The quantitative estimate of drug-likeness (QED) is 0.500. The molecule has 7 nitrogen and oxygen atoms in total. The molecule has 1 aromatic carbocycles. The number of aromatic nitrogens is 3. The van der Waals surface area contributed by atoms with Crippen LogP contribution in [0.3, 0.4) is 0 Å². The molecule has 30 heavy (non-hydrogen) atoms. The predicted octanol–water partition coefficient (Wildman–Crippen LogP) is 4.02. The Labute approximate surface area is 176 Å². The van der Waals surface area contributed by atoms with E-state index >= 15 is 0 Å². The number of carbonyl (C=O) groups excluding carboxylic acids is 1. The fourth-order valence-corrected chi connectivity index (χ4v) is 5.31. The highest BCUT2D eigenvalue weighted by Crippen LogP contribution is 2.31. The third-order valence-electron chi connectivity index (χ3n) is 5.79. The maximum Gasteiger partial charge on any atom is 0.259 e. The van der Waals surface area contributed by atoms with Crippen LogP contribution in [-0.4, -0.2) is 38.7 Å². The highest BCUT2D eigenvalue weighted by atomic mass is 32.1. The van der Waals surface area contributed by atoms with Crippen molar-refractivity contribution in [2.24, 2.45) is 0 Å². The summed E-state index contributed by atoms with van der Waals surface area (Å²) in [5.41, 5.74) is 2.29. The van der Waals surface area contributed by atoms with Crippen molar-refractivity contribution in [2.45, 2.75) is 39.2 Å². The summed E-state index contributed by atoms with van der Waals surface area (Å²) in [6.07, 6.45) is 1.90. The van der Waals surface area contributed by atoms with Gasteiger partial charge in [-0.05, 0) is 57.5 Å². The van der Waals surface area contributed by atoms with Crippen LogP contribution in [0.5, 0.6) is 0 Å². The van der Waals surface area contributed by atoms with Crippen molar-refractivity contribution in [3.05, 3.63) is 56.8 Å². The van der Waals surface area contributed by atoms with Crippen molar-refractivity contribution in [3.63, 3.8) is 0 Å². The molecule has 0 radical (unpaired) electrons. The minimum absolute atomic E-state index is 0.0299.